The van der Waals surface area contributed by atoms with Crippen molar-refractivity contribution >= 4 is 17.4 Å². The van der Waals surface area contributed by atoms with E-state index in [4.69, 9.17) is 0 Å². The third-order valence-electron chi connectivity index (χ3n) is 5.65. The summed E-state index contributed by atoms with van der Waals surface area (Å²) in [6, 6.07) is 28.0. The fraction of sp³-hybridized carbons (Fsp3) is 0.111. The van der Waals surface area contributed by atoms with Gasteiger partial charge in [0.1, 0.15) is 11.6 Å². The SMILES string of the molecule is O=C(N[C@@H]1C[C@H]1c1ccccc1)c1cccc(Nc2ccc(-c3cccc(F)c3)cn2)c1. The molecule has 158 valence electrons. The second-order valence-corrected chi connectivity index (χ2v) is 7.98. The van der Waals surface area contributed by atoms with E-state index >= 15 is 0 Å². The van der Waals surface area contributed by atoms with Gasteiger partial charge in [-0.15, -0.1) is 0 Å². The Morgan fingerprint density at radius 3 is 2.50 bits per heavy atom. The van der Waals surface area contributed by atoms with Crippen molar-refractivity contribution in [3.63, 3.8) is 0 Å². The van der Waals surface area contributed by atoms with E-state index in [-0.39, 0.29) is 17.8 Å². The highest BCUT2D eigenvalue weighted by Crippen LogP contribution is 2.40. The number of hydrogen-bond acceptors (Lipinski definition) is 3. The second kappa shape index (κ2) is 8.63. The summed E-state index contributed by atoms with van der Waals surface area (Å²) in [5.41, 5.74) is 4.25. The molecule has 1 saturated carbocycles. The zero-order valence-corrected chi connectivity index (χ0v) is 17.3. The zero-order valence-electron chi connectivity index (χ0n) is 17.3. The summed E-state index contributed by atoms with van der Waals surface area (Å²) in [5.74, 6) is 0.684. The largest absolute Gasteiger partial charge is 0.349 e. The van der Waals surface area contributed by atoms with Crippen LogP contribution in [0.2, 0.25) is 0 Å². The lowest BCUT2D eigenvalue weighted by Crippen LogP contribution is -2.26. The van der Waals surface area contributed by atoms with Crippen molar-refractivity contribution in [1.29, 1.82) is 0 Å². The average molecular weight is 423 g/mol. The Labute approximate surface area is 186 Å². The van der Waals surface area contributed by atoms with Crippen molar-refractivity contribution in [2.75, 3.05) is 5.32 Å². The highest BCUT2D eigenvalue weighted by Gasteiger charge is 2.39. The summed E-state index contributed by atoms with van der Waals surface area (Å²) >= 11 is 0. The van der Waals surface area contributed by atoms with Crippen LogP contribution < -0.4 is 10.6 Å². The smallest absolute Gasteiger partial charge is 0.251 e. The van der Waals surface area contributed by atoms with Crippen LogP contribution in [-0.4, -0.2) is 16.9 Å². The van der Waals surface area contributed by atoms with Crippen molar-refractivity contribution in [3.05, 3.63) is 114 Å². The molecule has 4 nitrogen and oxygen atoms in total. The first-order valence-electron chi connectivity index (χ1n) is 10.6. The van der Waals surface area contributed by atoms with Crippen molar-refractivity contribution in [3.8, 4) is 11.1 Å². The molecule has 1 amide bonds. The van der Waals surface area contributed by atoms with Crippen LogP contribution in [0.3, 0.4) is 0 Å². The summed E-state index contributed by atoms with van der Waals surface area (Å²) in [7, 11) is 0. The first-order valence-corrected chi connectivity index (χ1v) is 10.6. The van der Waals surface area contributed by atoms with Gasteiger partial charge in [-0.2, -0.15) is 0 Å². The molecule has 3 aromatic carbocycles. The highest BCUT2D eigenvalue weighted by molar-refractivity contribution is 5.95. The van der Waals surface area contributed by atoms with Crippen LogP contribution >= 0.6 is 0 Å². The molecule has 4 aromatic rings. The van der Waals surface area contributed by atoms with E-state index in [0.717, 1.165) is 23.2 Å². The predicted molar refractivity (Wildman–Crippen MR) is 124 cm³/mol. The molecule has 5 heteroatoms. The number of benzene rings is 3. The van der Waals surface area contributed by atoms with Gasteiger partial charge in [0.2, 0.25) is 0 Å². The second-order valence-electron chi connectivity index (χ2n) is 7.98. The lowest BCUT2D eigenvalue weighted by atomic mass is 10.1. The molecular formula is C27H22FN3O. The number of hydrogen-bond donors (Lipinski definition) is 2. The Balaban J connectivity index is 1.23. The standard InChI is InChI=1S/C27H22FN3O/c28-22-10-4-8-19(14-22)21-12-13-26(29-17-21)30-23-11-5-9-20(15-23)27(32)31-25-16-24(25)18-6-2-1-3-7-18/h1-15,17,24-25H,16H2,(H,29,30)(H,31,32)/t24-,25+/m0/s1. The molecule has 0 saturated heterocycles. The van der Waals surface area contributed by atoms with Gasteiger partial charge < -0.3 is 10.6 Å². The third-order valence-corrected chi connectivity index (χ3v) is 5.65. The van der Waals surface area contributed by atoms with Crippen molar-refractivity contribution < 1.29 is 9.18 Å². The van der Waals surface area contributed by atoms with Crippen LogP contribution in [0.15, 0.2) is 97.2 Å². The first-order chi connectivity index (χ1) is 15.7. The number of rotatable bonds is 6. The van der Waals surface area contributed by atoms with Crippen LogP contribution in [0, 0.1) is 5.82 Å². The summed E-state index contributed by atoms with van der Waals surface area (Å²) in [4.78, 5) is 17.1. The molecule has 0 aliphatic heterocycles. The monoisotopic (exact) mass is 423 g/mol. The minimum atomic E-state index is -0.277. The van der Waals surface area contributed by atoms with E-state index in [1.807, 2.05) is 54.6 Å². The van der Waals surface area contributed by atoms with E-state index in [9.17, 15) is 9.18 Å². The number of carbonyl (C=O) groups is 1. The number of pyridine rings is 1. The Hall–Kier alpha value is -3.99. The number of amides is 1. The topological polar surface area (TPSA) is 54.0 Å². The number of nitrogens with one attached hydrogen (secondary N) is 2. The molecule has 32 heavy (non-hydrogen) atoms. The molecule has 1 fully saturated rings. The van der Waals surface area contributed by atoms with Gasteiger partial charge >= 0.3 is 0 Å². The molecule has 5 rings (SSSR count). The number of carbonyl (C=O) groups excluding carboxylic acids is 1. The van der Waals surface area contributed by atoms with Gasteiger partial charge in [-0.05, 0) is 60.0 Å². The van der Waals surface area contributed by atoms with Gasteiger partial charge in [-0.25, -0.2) is 9.37 Å². The average Bonchev–Trinajstić information content (AvgIpc) is 3.59. The van der Waals surface area contributed by atoms with E-state index in [2.05, 4.69) is 27.8 Å². The van der Waals surface area contributed by atoms with Crippen LogP contribution in [0.5, 0.6) is 0 Å². The number of anilines is 2. The van der Waals surface area contributed by atoms with Gasteiger partial charge in [0.15, 0.2) is 0 Å². The van der Waals surface area contributed by atoms with Crippen LogP contribution in [0.1, 0.15) is 28.3 Å². The number of halogens is 1. The van der Waals surface area contributed by atoms with Crippen LogP contribution in [0.4, 0.5) is 15.9 Å². The lowest BCUT2D eigenvalue weighted by Gasteiger charge is -2.09. The maximum Gasteiger partial charge on any atom is 0.251 e. The van der Waals surface area contributed by atoms with Crippen LogP contribution in [-0.2, 0) is 0 Å². The van der Waals surface area contributed by atoms with E-state index in [1.165, 1.54) is 17.7 Å². The Bertz CT molecular complexity index is 1240. The molecule has 0 radical (unpaired) electrons. The van der Waals surface area contributed by atoms with Gasteiger partial charge in [0.25, 0.3) is 5.91 Å². The molecule has 0 bridgehead atoms. The lowest BCUT2D eigenvalue weighted by molar-refractivity contribution is 0.0950. The molecule has 0 unspecified atom stereocenters. The Morgan fingerprint density at radius 1 is 0.875 bits per heavy atom. The highest BCUT2D eigenvalue weighted by atomic mass is 19.1. The van der Waals surface area contributed by atoms with Crippen molar-refractivity contribution in [1.82, 2.24) is 10.3 Å². The van der Waals surface area contributed by atoms with Gasteiger partial charge in [-0.1, -0.05) is 48.5 Å². The molecule has 0 spiro atoms. The van der Waals surface area contributed by atoms with Gasteiger partial charge in [-0.3, -0.25) is 4.79 Å². The molecular weight excluding hydrogens is 401 g/mol. The molecule has 1 aliphatic rings. The fourth-order valence-electron chi connectivity index (χ4n) is 3.87. The Kier molecular flexibility index (Phi) is 5.38. The zero-order chi connectivity index (χ0) is 21.9. The molecule has 2 N–H and O–H groups in total. The molecule has 1 aromatic heterocycles. The normalized spacial score (nSPS) is 16.9. The summed E-state index contributed by atoms with van der Waals surface area (Å²) < 4.78 is 13.4. The fourth-order valence-corrected chi connectivity index (χ4v) is 3.87. The number of aromatic nitrogens is 1. The minimum Gasteiger partial charge on any atom is -0.349 e. The van der Waals surface area contributed by atoms with Crippen LogP contribution in [0.25, 0.3) is 11.1 Å². The Morgan fingerprint density at radius 2 is 1.72 bits per heavy atom. The number of nitrogens with zero attached hydrogens (tertiary/aromatic N) is 1. The molecule has 2 atom stereocenters. The van der Waals surface area contributed by atoms with Gasteiger partial charge in [0, 0.05) is 35.0 Å². The van der Waals surface area contributed by atoms with E-state index in [1.54, 1.807) is 18.3 Å². The van der Waals surface area contributed by atoms with E-state index < -0.39 is 0 Å². The maximum absolute atomic E-state index is 13.4. The maximum atomic E-state index is 13.4. The van der Waals surface area contributed by atoms with Gasteiger partial charge in [0.05, 0.1) is 0 Å². The van der Waals surface area contributed by atoms with E-state index in [0.29, 0.717) is 17.3 Å². The predicted octanol–water partition coefficient (Wildman–Crippen LogP) is 5.92. The van der Waals surface area contributed by atoms with Crippen molar-refractivity contribution in [2.45, 2.75) is 18.4 Å². The molecule has 1 heterocycles. The summed E-state index contributed by atoms with van der Waals surface area (Å²) in [5, 5.41) is 6.35. The third kappa shape index (κ3) is 4.52. The van der Waals surface area contributed by atoms with Crippen molar-refractivity contribution in [2.24, 2.45) is 0 Å². The molecule has 1 aliphatic carbocycles. The summed E-state index contributed by atoms with van der Waals surface area (Å²) in [6.45, 7) is 0. The quantitative estimate of drug-likeness (QED) is 0.405. The summed E-state index contributed by atoms with van der Waals surface area (Å²) in [6.07, 6.45) is 2.67. The minimum absolute atomic E-state index is 0.0773. The first kappa shape index (κ1) is 19.9.